The van der Waals surface area contributed by atoms with Crippen LogP contribution in [0.15, 0.2) is 59.5 Å². The van der Waals surface area contributed by atoms with Crippen molar-refractivity contribution >= 4 is 33.2 Å². The highest BCUT2D eigenvalue weighted by atomic mass is 32.2. The second-order valence-corrected chi connectivity index (χ2v) is 10.8. The van der Waals surface area contributed by atoms with Gasteiger partial charge in [-0.3, -0.25) is 13.9 Å². The van der Waals surface area contributed by atoms with Gasteiger partial charge in [-0.05, 0) is 56.0 Å². The topological polar surface area (TPSA) is 86.8 Å². The van der Waals surface area contributed by atoms with Gasteiger partial charge in [-0.15, -0.1) is 0 Å². The average molecular weight is 470 g/mol. The van der Waals surface area contributed by atoms with Crippen molar-refractivity contribution in [3.8, 4) is 0 Å². The highest BCUT2D eigenvalue weighted by Gasteiger charge is 2.37. The molecule has 1 saturated heterocycles. The maximum atomic E-state index is 13.1. The Balaban J connectivity index is 1.47. The number of hydrogen-bond donors (Lipinski definition) is 1. The van der Waals surface area contributed by atoms with Gasteiger partial charge in [-0.1, -0.05) is 43.5 Å². The van der Waals surface area contributed by atoms with Crippen molar-refractivity contribution in [2.24, 2.45) is 5.92 Å². The Morgan fingerprint density at radius 1 is 0.939 bits per heavy atom. The summed E-state index contributed by atoms with van der Waals surface area (Å²) in [6, 6.07) is 14.6. The minimum absolute atomic E-state index is 0.0224. The predicted octanol–water partition coefficient (Wildman–Crippen LogP) is 4.02. The molecular weight excluding hydrogens is 438 g/mol. The molecule has 0 bridgehead atoms. The highest BCUT2D eigenvalue weighted by Crippen LogP contribution is 2.30. The number of rotatable bonds is 6. The van der Waals surface area contributed by atoms with E-state index in [9.17, 15) is 18.0 Å². The van der Waals surface area contributed by atoms with E-state index in [0.717, 1.165) is 32.1 Å². The number of anilines is 2. The number of carbonyl (C=O) groups is 2. The van der Waals surface area contributed by atoms with Crippen LogP contribution < -0.4 is 9.62 Å². The van der Waals surface area contributed by atoms with Crippen LogP contribution in [0.4, 0.5) is 11.4 Å². The lowest BCUT2D eigenvalue weighted by Gasteiger charge is -2.30. The lowest BCUT2D eigenvalue weighted by molar-refractivity contribution is -0.141. The minimum atomic E-state index is -3.79. The summed E-state index contributed by atoms with van der Waals surface area (Å²) in [7, 11) is -2.29. The Morgan fingerprint density at radius 2 is 1.67 bits per heavy atom. The van der Waals surface area contributed by atoms with Crippen LogP contribution >= 0.6 is 0 Å². The molecule has 2 fully saturated rings. The summed E-state index contributed by atoms with van der Waals surface area (Å²) in [5.74, 6) is -0.148. The fourth-order valence-corrected chi connectivity index (χ4v) is 6.02. The Hall–Kier alpha value is -2.87. The van der Waals surface area contributed by atoms with Crippen molar-refractivity contribution < 1.29 is 18.0 Å². The first-order valence-corrected chi connectivity index (χ1v) is 13.1. The standard InChI is InChI=1S/C25H31N3O4S/c1-27(21-13-6-3-7-14-21)33(31,32)22-15-8-12-20(18-22)26-24(29)23-16-9-17-28(23)25(30)19-10-4-2-5-11-19/h3,6-8,12-15,18-19,23H,2,4-5,9-11,16-17H2,1H3,(H,26,29). The van der Waals surface area contributed by atoms with Crippen molar-refractivity contribution in [2.75, 3.05) is 23.2 Å². The third kappa shape index (κ3) is 5.05. The molecule has 176 valence electrons. The Morgan fingerprint density at radius 3 is 2.39 bits per heavy atom. The third-order valence-corrected chi connectivity index (χ3v) is 8.45. The van der Waals surface area contributed by atoms with Gasteiger partial charge in [-0.2, -0.15) is 0 Å². The number of benzene rings is 2. The molecule has 1 unspecified atom stereocenters. The summed E-state index contributed by atoms with van der Waals surface area (Å²) in [4.78, 5) is 27.9. The fraction of sp³-hybridized carbons (Fsp3) is 0.440. The number of amides is 2. The quantitative estimate of drug-likeness (QED) is 0.692. The van der Waals surface area contributed by atoms with E-state index in [1.54, 1.807) is 41.3 Å². The van der Waals surface area contributed by atoms with E-state index in [2.05, 4.69) is 5.32 Å². The number of para-hydroxylation sites is 1. The van der Waals surface area contributed by atoms with Crippen LogP contribution in [0.2, 0.25) is 0 Å². The zero-order chi connectivity index (χ0) is 23.4. The summed E-state index contributed by atoms with van der Waals surface area (Å²) in [5.41, 5.74) is 0.953. The van der Waals surface area contributed by atoms with Crippen LogP contribution in [0.1, 0.15) is 44.9 Å². The molecule has 1 saturated carbocycles. The summed E-state index contributed by atoms with van der Waals surface area (Å²) < 4.78 is 27.4. The smallest absolute Gasteiger partial charge is 0.264 e. The maximum Gasteiger partial charge on any atom is 0.264 e. The number of nitrogens with one attached hydrogen (secondary N) is 1. The van der Waals surface area contributed by atoms with E-state index in [0.29, 0.717) is 24.3 Å². The first kappa shape index (κ1) is 23.3. The molecule has 2 aliphatic rings. The molecule has 0 spiro atoms. The SMILES string of the molecule is CN(c1ccccc1)S(=O)(=O)c1cccc(NC(=O)C2CCCN2C(=O)C2CCCCC2)c1. The molecule has 2 aromatic rings. The molecule has 4 rings (SSSR count). The average Bonchev–Trinajstić information content (AvgIpc) is 3.34. The largest absolute Gasteiger partial charge is 0.330 e. The van der Waals surface area contributed by atoms with Gasteiger partial charge in [0, 0.05) is 25.2 Å². The molecule has 1 atom stereocenters. The summed E-state index contributed by atoms with van der Waals surface area (Å²) in [6.45, 7) is 0.601. The molecule has 33 heavy (non-hydrogen) atoms. The maximum absolute atomic E-state index is 13.1. The summed E-state index contributed by atoms with van der Waals surface area (Å²) in [5, 5.41) is 2.85. The highest BCUT2D eigenvalue weighted by molar-refractivity contribution is 7.92. The number of likely N-dealkylation sites (tertiary alicyclic amines) is 1. The summed E-state index contributed by atoms with van der Waals surface area (Å²) in [6.07, 6.45) is 6.54. The van der Waals surface area contributed by atoms with Gasteiger partial charge in [0.15, 0.2) is 0 Å². The van der Waals surface area contributed by atoms with E-state index < -0.39 is 16.1 Å². The van der Waals surface area contributed by atoms with E-state index >= 15 is 0 Å². The molecule has 2 amide bonds. The zero-order valence-corrected chi connectivity index (χ0v) is 19.8. The number of hydrogen-bond acceptors (Lipinski definition) is 4. The van der Waals surface area contributed by atoms with E-state index in [4.69, 9.17) is 0 Å². The third-order valence-electron chi connectivity index (χ3n) is 6.67. The molecule has 8 heteroatoms. The predicted molar refractivity (Wildman–Crippen MR) is 128 cm³/mol. The van der Waals surface area contributed by atoms with Crippen molar-refractivity contribution in [3.05, 3.63) is 54.6 Å². The van der Waals surface area contributed by atoms with E-state index in [1.807, 2.05) is 6.07 Å². The van der Waals surface area contributed by atoms with Crippen LogP contribution in [-0.4, -0.2) is 44.8 Å². The van der Waals surface area contributed by atoms with Gasteiger partial charge >= 0.3 is 0 Å². The molecule has 1 N–H and O–H groups in total. The monoisotopic (exact) mass is 469 g/mol. The van der Waals surface area contributed by atoms with Crippen LogP contribution in [-0.2, 0) is 19.6 Å². The lowest BCUT2D eigenvalue weighted by Crippen LogP contribution is -2.46. The molecule has 0 radical (unpaired) electrons. The molecule has 0 aromatic heterocycles. The Labute approximate surface area is 195 Å². The van der Waals surface area contributed by atoms with Gasteiger partial charge in [0.1, 0.15) is 6.04 Å². The van der Waals surface area contributed by atoms with Crippen LogP contribution in [0.3, 0.4) is 0 Å². The van der Waals surface area contributed by atoms with Crippen molar-refractivity contribution in [3.63, 3.8) is 0 Å². The van der Waals surface area contributed by atoms with Gasteiger partial charge < -0.3 is 10.2 Å². The Bertz CT molecular complexity index is 1100. The Kier molecular flexibility index (Phi) is 7.02. The van der Waals surface area contributed by atoms with Gasteiger partial charge in [0.05, 0.1) is 10.6 Å². The van der Waals surface area contributed by atoms with E-state index in [1.165, 1.54) is 29.9 Å². The minimum Gasteiger partial charge on any atom is -0.330 e. The molecule has 2 aromatic carbocycles. The second-order valence-electron chi connectivity index (χ2n) is 8.85. The van der Waals surface area contributed by atoms with Gasteiger partial charge in [0.2, 0.25) is 11.8 Å². The number of sulfonamides is 1. The van der Waals surface area contributed by atoms with Crippen LogP contribution in [0.25, 0.3) is 0 Å². The molecule has 1 heterocycles. The number of nitrogens with zero attached hydrogens (tertiary/aromatic N) is 2. The second kappa shape index (κ2) is 9.95. The molecule has 1 aliphatic carbocycles. The zero-order valence-electron chi connectivity index (χ0n) is 18.9. The molecular formula is C25H31N3O4S. The fourth-order valence-electron chi connectivity index (χ4n) is 4.78. The normalized spacial score (nSPS) is 19.3. The first-order chi connectivity index (χ1) is 15.9. The van der Waals surface area contributed by atoms with Gasteiger partial charge in [-0.25, -0.2) is 8.42 Å². The molecule has 1 aliphatic heterocycles. The first-order valence-electron chi connectivity index (χ1n) is 11.6. The lowest BCUT2D eigenvalue weighted by atomic mass is 9.88. The van der Waals surface area contributed by atoms with Crippen molar-refractivity contribution in [1.29, 1.82) is 0 Å². The van der Waals surface area contributed by atoms with E-state index in [-0.39, 0.29) is 22.6 Å². The number of carbonyl (C=O) groups excluding carboxylic acids is 2. The summed E-state index contributed by atoms with van der Waals surface area (Å²) >= 11 is 0. The van der Waals surface area contributed by atoms with Crippen LogP contribution in [0.5, 0.6) is 0 Å². The van der Waals surface area contributed by atoms with Crippen LogP contribution in [0, 0.1) is 5.92 Å². The van der Waals surface area contributed by atoms with Crippen molar-refractivity contribution in [2.45, 2.75) is 55.9 Å². The van der Waals surface area contributed by atoms with Gasteiger partial charge in [0.25, 0.3) is 10.0 Å². The van der Waals surface area contributed by atoms with Crippen molar-refractivity contribution in [1.82, 2.24) is 4.90 Å². The molecule has 7 nitrogen and oxygen atoms in total.